The summed E-state index contributed by atoms with van der Waals surface area (Å²) in [4.78, 5) is 25.1. The zero-order chi connectivity index (χ0) is 14.0. The van der Waals surface area contributed by atoms with Crippen molar-refractivity contribution in [3.05, 3.63) is 23.7 Å². The van der Waals surface area contributed by atoms with Gasteiger partial charge in [0.05, 0.1) is 13.2 Å². The molecule has 104 valence electrons. The van der Waals surface area contributed by atoms with Crippen molar-refractivity contribution in [2.75, 3.05) is 20.2 Å². The average molecular weight is 265 g/mol. The van der Waals surface area contributed by atoms with Gasteiger partial charge in [0, 0.05) is 25.4 Å². The van der Waals surface area contributed by atoms with Gasteiger partial charge in [-0.2, -0.15) is 0 Å². The summed E-state index contributed by atoms with van der Waals surface area (Å²) in [6.07, 6.45) is 0.579. The number of piperidine rings is 1. The fourth-order valence-corrected chi connectivity index (χ4v) is 2.36. The second-order valence-electron chi connectivity index (χ2n) is 4.98. The maximum absolute atomic E-state index is 11.5. The molecule has 5 heteroatoms. The zero-order valence-electron chi connectivity index (χ0n) is 11.5. The number of ether oxygens (including phenoxy) is 1. The average Bonchev–Trinajstić information content (AvgIpc) is 2.89. The first-order valence-corrected chi connectivity index (χ1v) is 6.47. The van der Waals surface area contributed by atoms with Gasteiger partial charge >= 0.3 is 5.97 Å². The van der Waals surface area contributed by atoms with Gasteiger partial charge in [-0.1, -0.05) is 6.92 Å². The Morgan fingerprint density at radius 2 is 2.26 bits per heavy atom. The lowest BCUT2D eigenvalue weighted by Gasteiger charge is -2.33. The molecule has 2 rings (SSSR count). The van der Waals surface area contributed by atoms with Crippen molar-refractivity contribution in [3.8, 4) is 0 Å². The second-order valence-corrected chi connectivity index (χ2v) is 4.98. The van der Waals surface area contributed by atoms with Crippen LogP contribution in [0.3, 0.4) is 0 Å². The van der Waals surface area contributed by atoms with Gasteiger partial charge in [0.2, 0.25) is 5.76 Å². The molecule has 1 aromatic rings. The standard InChI is InChI=1S/C14H19NO4/c1-9-8-15(7-6-11(9)16)10(2)12-4-5-13(19-12)14(17)18-3/h4-5,9-10H,6-8H2,1-3H3. The highest BCUT2D eigenvalue weighted by atomic mass is 16.5. The Morgan fingerprint density at radius 1 is 1.53 bits per heavy atom. The molecule has 0 saturated carbocycles. The monoisotopic (exact) mass is 265 g/mol. The van der Waals surface area contributed by atoms with E-state index in [1.807, 2.05) is 13.8 Å². The van der Waals surface area contributed by atoms with Gasteiger partial charge in [0.1, 0.15) is 11.5 Å². The third-order valence-corrected chi connectivity index (χ3v) is 3.68. The Balaban J connectivity index is 2.07. The number of nitrogens with zero attached hydrogens (tertiary/aromatic N) is 1. The van der Waals surface area contributed by atoms with Crippen LogP contribution in [-0.4, -0.2) is 36.9 Å². The van der Waals surface area contributed by atoms with Gasteiger partial charge in [-0.05, 0) is 19.1 Å². The third-order valence-electron chi connectivity index (χ3n) is 3.68. The highest BCUT2D eigenvalue weighted by Gasteiger charge is 2.28. The van der Waals surface area contributed by atoms with Crippen LogP contribution in [0.5, 0.6) is 0 Å². The summed E-state index contributed by atoms with van der Waals surface area (Å²) in [6.45, 7) is 5.43. The topological polar surface area (TPSA) is 59.8 Å². The molecule has 0 aliphatic carbocycles. The van der Waals surface area contributed by atoms with Crippen molar-refractivity contribution in [2.24, 2.45) is 5.92 Å². The number of ketones is 1. The van der Waals surface area contributed by atoms with Crippen LogP contribution in [0.2, 0.25) is 0 Å². The fourth-order valence-electron chi connectivity index (χ4n) is 2.36. The number of carbonyl (C=O) groups is 2. The van der Waals surface area contributed by atoms with E-state index < -0.39 is 5.97 Å². The van der Waals surface area contributed by atoms with E-state index in [1.165, 1.54) is 7.11 Å². The fraction of sp³-hybridized carbons (Fsp3) is 0.571. The van der Waals surface area contributed by atoms with Gasteiger partial charge in [0.25, 0.3) is 0 Å². The summed E-state index contributed by atoms with van der Waals surface area (Å²) >= 11 is 0. The largest absolute Gasteiger partial charge is 0.463 e. The van der Waals surface area contributed by atoms with E-state index >= 15 is 0 Å². The number of esters is 1. The smallest absolute Gasteiger partial charge is 0.373 e. The number of methoxy groups -OCH3 is 1. The number of hydrogen-bond donors (Lipinski definition) is 0. The first-order valence-electron chi connectivity index (χ1n) is 6.47. The van der Waals surface area contributed by atoms with Crippen LogP contribution in [0, 0.1) is 5.92 Å². The quantitative estimate of drug-likeness (QED) is 0.783. The van der Waals surface area contributed by atoms with E-state index in [4.69, 9.17) is 4.42 Å². The van der Waals surface area contributed by atoms with Gasteiger partial charge in [0.15, 0.2) is 0 Å². The molecule has 2 heterocycles. The Hall–Kier alpha value is -1.62. The van der Waals surface area contributed by atoms with Gasteiger partial charge in [-0.25, -0.2) is 4.79 Å². The van der Waals surface area contributed by atoms with Crippen LogP contribution in [0.15, 0.2) is 16.5 Å². The molecule has 0 aromatic carbocycles. The van der Waals surface area contributed by atoms with Crippen LogP contribution in [0.25, 0.3) is 0 Å². The summed E-state index contributed by atoms with van der Waals surface area (Å²) < 4.78 is 10.1. The first-order chi connectivity index (χ1) is 9.02. The lowest BCUT2D eigenvalue weighted by atomic mass is 9.97. The highest BCUT2D eigenvalue weighted by molar-refractivity contribution is 5.86. The molecule has 1 aromatic heterocycles. The number of hydrogen-bond acceptors (Lipinski definition) is 5. The first kappa shape index (κ1) is 13.8. The molecule has 0 spiro atoms. The van der Waals surface area contributed by atoms with Gasteiger partial charge < -0.3 is 9.15 Å². The van der Waals surface area contributed by atoms with E-state index in [2.05, 4.69) is 9.64 Å². The molecule has 5 nitrogen and oxygen atoms in total. The predicted molar refractivity (Wildman–Crippen MR) is 68.8 cm³/mol. The van der Waals surface area contributed by atoms with E-state index in [9.17, 15) is 9.59 Å². The lowest BCUT2D eigenvalue weighted by Crippen LogP contribution is -2.40. The maximum atomic E-state index is 11.5. The molecular formula is C14H19NO4. The van der Waals surface area contributed by atoms with Gasteiger partial charge in [-0.15, -0.1) is 0 Å². The van der Waals surface area contributed by atoms with Gasteiger partial charge in [-0.3, -0.25) is 9.69 Å². The molecule has 1 aliphatic rings. The van der Waals surface area contributed by atoms with Crippen molar-refractivity contribution in [1.82, 2.24) is 4.90 Å². The summed E-state index contributed by atoms with van der Waals surface area (Å²) in [5.74, 6) is 0.845. The molecule has 1 saturated heterocycles. The lowest BCUT2D eigenvalue weighted by molar-refractivity contribution is -0.126. The minimum Gasteiger partial charge on any atom is -0.463 e. The van der Waals surface area contributed by atoms with Crippen molar-refractivity contribution in [3.63, 3.8) is 0 Å². The van der Waals surface area contributed by atoms with Crippen LogP contribution in [0.4, 0.5) is 0 Å². The molecule has 2 unspecified atom stereocenters. The maximum Gasteiger partial charge on any atom is 0.373 e. The second kappa shape index (κ2) is 5.57. The number of rotatable bonds is 3. The van der Waals surface area contributed by atoms with Crippen LogP contribution in [-0.2, 0) is 9.53 Å². The summed E-state index contributed by atoms with van der Waals surface area (Å²) in [6, 6.07) is 3.46. The summed E-state index contributed by atoms with van der Waals surface area (Å²) in [5.41, 5.74) is 0. The molecule has 0 amide bonds. The van der Waals surface area contributed by atoms with E-state index in [0.29, 0.717) is 12.2 Å². The van der Waals surface area contributed by atoms with Crippen LogP contribution in [0.1, 0.15) is 42.6 Å². The Labute approximate surface area is 112 Å². The number of carbonyl (C=O) groups excluding carboxylic acids is 2. The Bertz CT molecular complexity index is 480. The molecule has 1 fully saturated rings. The molecule has 1 aliphatic heterocycles. The Kier molecular flexibility index (Phi) is 4.04. The number of likely N-dealkylation sites (tertiary alicyclic amines) is 1. The zero-order valence-corrected chi connectivity index (χ0v) is 11.5. The molecule has 2 atom stereocenters. The molecule has 0 bridgehead atoms. The number of Topliss-reactive ketones (excluding diaryl/α,β-unsaturated/α-hetero) is 1. The van der Waals surface area contributed by atoms with Crippen molar-refractivity contribution in [2.45, 2.75) is 26.3 Å². The molecule has 0 N–H and O–H groups in total. The van der Waals surface area contributed by atoms with Crippen molar-refractivity contribution >= 4 is 11.8 Å². The predicted octanol–water partition coefficient (Wildman–Crippen LogP) is 2.04. The van der Waals surface area contributed by atoms with Crippen LogP contribution >= 0.6 is 0 Å². The SMILES string of the molecule is COC(=O)c1ccc(C(C)N2CCC(=O)C(C)C2)o1. The summed E-state index contributed by atoms with van der Waals surface area (Å²) in [5, 5.41) is 0. The normalized spacial score (nSPS) is 22.3. The van der Waals surface area contributed by atoms with Crippen LogP contribution < -0.4 is 0 Å². The minimum atomic E-state index is -0.472. The molecule has 0 radical (unpaired) electrons. The number of furan rings is 1. The van der Waals surface area contributed by atoms with Crippen molar-refractivity contribution < 1.29 is 18.7 Å². The minimum absolute atomic E-state index is 0.0500. The van der Waals surface area contributed by atoms with E-state index in [-0.39, 0.29) is 17.7 Å². The molecular weight excluding hydrogens is 246 g/mol. The van der Waals surface area contributed by atoms with E-state index in [0.717, 1.165) is 18.8 Å². The summed E-state index contributed by atoms with van der Waals surface area (Å²) in [7, 11) is 1.33. The Morgan fingerprint density at radius 3 is 2.89 bits per heavy atom. The third kappa shape index (κ3) is 2.87. The van der Waals surface area contributed by atoms with E-state index in [1.54, 1.807) is 12.1 Å². The molecule has 19 heavy (non-hydrogen) atoms. The van der Waals surface area contributed by atoms with Crippen molar-refractivity contribution in [1.29, 1.82) is 0 Å². The highest BCUT2D eigenvalue weighted by Crippen LogP contribution is 2.26.